The molecule has 4 rings (SSSR count). The molecule has 1 heterocycles. The van der Waals surface area contributed by atoms with Crippen molar-refractivity contribution in [3.63, 3.8) is 0 Å². The monoisotopic (exact) mass is 404 g/mol. The van der Waals surface area contributed by atoms with E-state index in [1.165, 1.54) is 6.92 Å². The van der Waals surface area contributed by atoms with Crippen LogP contribution >= 0.6 is 0 Å². The number of aromatic nitrogens is 2. The molecular weight excluding hydrogens is 372 g/mol. The minimum absolute atomic E-state index is 0.116. The zero-order valence-electron chi connectivity index (χ0n) is 21.6. The fraction of sp³-hybridized carbons (Fsp3) is 0.269. The number of ether oxygens (including phenoxy) is 2. The van der Waals surface area contributed by atoms with Crippen molar-refractivity contribution in [2.24, 2.45) is 0 Å². The van der Waals surface area contributed by atoms with Gasteiger partial charge >= 0.3 is 0 Å². The minimum Gasteiger partial charge on any atom is -0.491 e. The van der Waals surface area contributed by atoms with Gasteiger partial charge in [-0.15, -0.1) is 0 Å². The van der Waals surface area contributed by atoms with Crippen LogP contribution < -0.4 is 9.47 Å². The number of hydrogen-bond acceptors (Lipinski definition) is 3. The number of rotatable bonds is 6. The van der Waals surface area contributed by atoms with Crippen LogP contribution in [0.25, 0.3) is 27.8 Å². The summed E-state index contributed by atoms with van der Waals surface area (Å²) >= 11 is 0. The second kappa shape index (κ2) is 8.23. The molecule has 0 bridgehead atoms. The summed E-state index contributed by atoms with van der Waals surface area (Å²) in [6.45, 7) is 4.73. The summed E-state index contributed by atoms with van der Waals surface area (Å²) in [6, 6.07) is 19.2. The van der Waals surface area contributed by atoms with Crippen molar-refractivity contribution in [1.29, 1.82) is 0 Å². The molecule has 0 spiro atoms. The van der Waals surface area contributed by atoms with Crippen LogP contribution in [0.15, 0.2) is 67.0 Å². The zero-order chi connectivity index (χ0) is 24.7. The van der Waals surface area contributed by atoms with Gasteiger partial charge in [0, 0.05) is 9.80 Å². The highest BCUT2D eigenvalue weighted by molar-refractivity contribution is 5.85. The molecule has 0 aliphatic heterocycles. The first-order valence-corrected chi connectivity index (χ1v) is 9.99. The molecular formula is C26H28N2O2. The topological polar surface area (TPSA) is 36.3 Å². The number of benzene rings is 3. The molecule has 154 valence electrons. The highest BCUT2D eigenvalue weighted by atomic mass is 16.5. The Labute approximate surface area is 183 Å². The largest absolute Gasteiger partial charge is 0.491 e. The lowest BCUT2D eigenvalue weighted by molar-refractivity contribution is 0.242. The molecule has 4 aromatic rings. The third-order valence-electron chi connectivity index (χ3n) is 4.82. The average molecular weight is 405 g/mol. The predicted octanol–water partition coefficient (Wildman–Crippen LogP) is 6.58. The highest BCUT2D eigenvalue weighted by Crippen LogP contribution is 2.31. The molecule has 1 aromatic heterocycles. The van der Waals surface area contributed by atoms with Crippen LogP contribution in [0.1, 0.15) is 38.7 Å². The lowest BCUT2D eigenvalue weighted by Gasteiger charge is -2.13. The van der Waals surface area contributed by atoms with E-state index in [0.717, 1.165) is 39.2 Å². The number of fused-ring (bicyclic) bond motifs is 1. The summed E-state index contributed by atoms with van der Waals surface area (Å²) in [7, 11) is 0. The fourth-order valence-corrected chi connectivity index (χ4v) is 3.51. The van der Waals surface area contributed by atoms with Crippen molar-refractivity contribution >= 4 is 11.0 Å². The number of nitrogens with zero attached hydrogens (tertiary/aromatic N) is 2. The van der Waals surface area contributed by atoms with E-state index in [1.54, 1.807) is 12.1 Å². The van der Waals surface area contributed by atoms with Gasteiger partial charge in [0.25, 0.3) is 0 Å². The standard InChI is InChI=1S/C26H28N2O2/c1-17(2)29-22-10-6-20(7-11-22)24-15-26-25(14-19(24)5)27-16-28(26)21-8-12-23(13-9-21)30-18(3)4/h6-18H,1-5H3/i1D3,17D. The van der Waals surface area contributed by atoms with E-state index in [9.17, 15) is 0 Å². The third-order valence-corrected chi connectivity index (χ3v) is 4.82. The van der Waals surface area contributed by atoms with Crippen LogP contribution in [-0.2, 0) is 0 Å². The lowest BCUT2D eigenvalue weighted by atomic mass is 9.99. The van der Waals surface area contributed by atoms with Crippen LogP contribution in [0.4, 0.5) is 0 Å². The Bertz CT molecular complexity index is 1290. The van der Waals surface area contributed by atoms with Crippen molar-refractivity contribution in [3.05, 3.63) is 72.6 Å². The summed E-state index contributed by atoms with van der Waals surface area (Å²) in [6.07, 6.45) is -0.0934. The normalized spacial score (nSPS) is 15.8. The molecule has 0 radical (unpaired) electrons. The summed E-state index contributed by atoms with van der Waals surface area (Å²) in [5, 5.41) is 0. The molecule has 30 heavy (non-hydrogen) atoms. The van der Waals surface area contributed by atoms with Crippen LogP contribution in [-0.4, -0.2) is 21.7 Å². The smallest absolute Gasteiger partial charge is 0.119 e. The molecule has 0 amide bonds. The quantitative estimate of drug-likeness (QED) is 0.364. The van der Waals surface area contributed by atoms with Gasteiger partial charge in [-0.2, -0.15) is 0 Å². The van der Waals surface area contributed by atoms with Crippen LogP contribution in [0, 0.1) is 6.92 Å². The van der Waals surface area contributed by atoms with E-state index in [2.05, 4.69) is 17.1 Å². The molecule has 3 aromatic carbocycles. The Balaban J connectivity index is 1.66. The lowest BCUT2D eigenvalue weighted by Crippen LogP contribution is -2.05. The van der Waals surface area contributed by atoms with Gasteiger partial charge < -0.3 is 9.47 Å². The second-order valence-corrected chi connectivity index (χ2v) is 7.61. The third kappa shape index (κ3) is 4.18. The van der Waals surface area contributed by atoms with E-state index in [4.69, 9.17) is 15.0 Å². The number of hydrogen-bond donors (Lipinski definition) is 0. The summed E-state index contributed by atoms with van der Waals surface area (Å²) in [5.41, 5.74) is 5.91. The van der Waals surface area contributed by atoms with E-state index in [1.807, 2.05) is 68.1 Å². The van der Waals surface area contributed by atoms with E-state index < -0.39 is 12.9 Å². The molecule has 1 unspecified atom stereocenters. The molecule has 4 nitrogen and oxygen atoms in total. The first kappa shape index (κ1) is 15.6. The van der Waals surface area contributed by atoms with Crippen molar-refractivity contribution in [2.45, 2.75) is 46.7 Å². The molecule has 0 saturated carbocycles. The van der Waals surface area contributed by atoms with Crippen LogP contribution in [0.2, 0.25) is 0 Å². The Morgan fingerprint density at radius 1 is 0.933 bits per heavy atom. The molecule has 0 N–H and O–H groups in total. The highest BCUT2D eigenvalue weighted by Gasteiger charge is 2.11. The van der Waals surface area contributed by atoms with Crippen molar-refractivity contribution in [1.82, 2.24) is 9.55 Å². The molecule has 1 atom stereocenters. The fourth-order valence-electron chi connectivity index (χ4n) is 3.51. The summed E-state index contributed by atoms with van der Waals surface area (Å²) in [4.78, 5) is 4.58. The first-order chi connectivity index (χ1) is 15.9. The first-order valence-electron chi connectivity index (χ1n) is 12.0. The Morgan fingerprint density at radius 3 is 2.27 bits per heavy atom. The van der Waals surface area contributed by atoms with Crippen molar-refractivity contribution in [2.75, 3.05) is 0 Å². The predicted molar refractivity (Wildman–Crippen MR) is 123 cm³/mol. The maximum absolute atomic E-state index is 7.99. The van der Waals surface area contributed by atoms with Gasteiger partial charge in [0.1, 0.15) is 17.8 Å². The molecule has 0 aliphatic rings. The van der Waals surface area contributed by atoms with Gasteiger partial charge in [0.2, 0.25) is 0 Å². The summed E-state index contributed by atoms with van der Waals surface area (Å²) in [5.74, 6) is 1.16. The van der Waals surface area contributed by atoms with E-state index >= 15 is 0 Å². The van der Waals surface area contributed by atoms with Gasteiger partial charge in [-0.05, 0) is 99.8 Å². The second-order valence-electron chi connectivity index (χ2n) is 7.61. The van der Waals surface area contributed by atoms with Gasteiger partial charge in [-0.25, -0.2) is 4.98 Å². The number of imidazole rings is 1. The van der Waals surface area contributed by atoms with Gasteiger partial charge in [-0.1, -0.05) is 12.1 Å². The molecule has 0 saturated heterocycles. The Hall–Kier alpha value is -3.27. The Kier molecular flexibility index (Phi) is 4.27. The van der Waals surface area contributed by atoms with E-state index in [0.29, 0.717) is 5.75 Å². The minimum atomic E-state index is -2.55. The number of aryl methyl sites for hydroxylation is 1. The van der Waals surface area contributed by atoms with Crippen molar-refractivity contribution in [3.8, 4) is 28.3 Å². The average Bonchev–Trinajstić information content (AvgIpc) is 3.15. The zero-order valence-corrected chi connectivity index (χ0v) is 17.6. The maximum atomic E-state index is 7.99. The van der Waals surface area contributed by atoms with Gasteiger partial charge in [0.05, 0.1) is 24.6 Å². The van der Waals surface area contributed by atoms with Crippen LogP contribution in [0.3, 0.4) is 0 Å². The molecule has 4 heteroatoms. The van der Waals surface area contributed by atoms with E-state index in [-0.39, 0.29) is 6.10 Å². The SMILES string of the molecule is [2H]C([2H])([2H])C([2H])(C)Oc1ccc(-c2cc3c(cc2C)ncn3-c2ccc(OC(C)C)cc2)cc1. The molecule has 0 fully saturated rings. The maximum Gasteiger partial charge on any atom is 0.119 e. The summed E-state index contributed by atoms with van der Waals surface area (Å²) < 4.78 is 43.7. The van der Waals surface area contributed by atoms with Gasteiger partial charge in [0.15, 0.2) is 0 Å². The van der Waals surface area contributed by atoms with Gasteiger partial charge in [-0.3, -0.25) is 4.57 Å². The molecule has 0 aliphatic carbocycles. The Morgan fingerprint density at radius 2 is 1.60 bits per heavy atom. The van der Waals surface area contributed by atoms with Crippen LogP contribution in [0.5, 0.6) is 11.5 Å². The van der Waals surface area contributed by atoms with Crippen molar-refractivity contribution < 1.29 is 15.0 Å².